The van der Waals surface area contributed by atoms with Gasteiger partial charge in [-0.15, -0.1) is 0 Å². The predicted molar refractivity (Wildman–Crippen MR) is 107 cm³/mol. The van der Waals surface area contributed by atoms with Crippen molar-refractivity contribution in [3.05, 3.63) is 48.7 Å². The molecule has 4 aromatic rings. The maximum atomic E-state index is 10.3. The third kappa shape index (κ3) is 2.68. The first-order valence-corrected chi connectivity index (χ1v) is 8.82. The molecule has 0 atom stereocenters. The number of rotatable bonds is 4. The molecule has 0 saturated carbocycles. The first kappa shape index (κ1) is 17.1. The Bertz CT molecular complexity index is 1110. The molecule has 4 rings (SSSR count). The first-order valence-electron chi connectivity index (χ1n) is 8.82. The molecule has 0 aliphatic heterocycles. The van der Waals surface area contributed by atoms with E-state index in [2.05, 4.69) is 11.1 Å². The van der Waals surface area contributed by atoms with Gasteiger partial charge in [-0.3, -0.25) is 4.98 Å². The van der Waals surface area contributed by atoms with Gasteiger partial charge in [-0.05, 0) is 39.2 Å². The summed E-state index contributed by atoms with van der Waals surface area (Å²) in [7, 11) is 0.372. The van der Waals surface area contributed by atoms with E-state index < -0.39 is 11.2 Å². The van der Waals surface area contributed by atoms with E-state index in [0.29, 0.717) is 7.48 Å². The zero-order valence-electron chi connectivity index (χ0n) is 15.5. The number of benzene rings is 2. The second kappa shape index (κ2) is 5.83. The average Bonchev–Trinajstić information content (AvgIpc) is 2.98. The Kier molecular flexibility index (Phi) is 3.83. The molecule has 0 spiro atoms. The number of hydrogen-bond donors (Lipinski definition) is 1. The minimum Gasteiger partial charge on any atom is -0.454 e. The highest BCUT2D eigenvalue weighted by Crippen LogP contribution is 2.31. The Morgan fingerprint density at radius 3 is 2.58 bits per heavy atom. The first-order chi connectivity index (χ1) is 12.3. The summed E-state index contributed by atoms with van der Waals surface area (Å²) >= 11 is 0. The quantitative estimate of drug-likeness (QED) is 0.572. The molecule has 2 aromatic heterocycles. The van der Waals surface area contributed by atoms with Crippen LogP contribution in [0.1, 0.15) is 27.7 Å². The van der Waals surface area contributed by atoms with E-state index in [0.717, 1.165) is 38.3 Å². The molecule has 0 aliphatic rings. The van der Waals surface area contributed by atoms with E-state index in [1.54, 1.807) is 13.8 Å². The summed E-state index contributed by atoms with van der Waals surface area (Å²) < 4.78 is 12.2. The van der Waals surface area contributed by atoms with Gasteiger partial charge in [-0.2, -0.15) is 0 Å². The fourth-order valence-electron chi connectivity index (χ4n) is 3.01. The Labute approximate surface area is 153 Å². The van der Waals surface area contributed by atoms with Gasteiger partial charge in [-0.25, -0.2) is 0 Å². The van der Waals surface area contributed by atoms with Crippen molar-refractivity contribution in [1.82, 2.24) is 4.98 Å². The molecule has 0 amide bonds. The number of pyridine rings is 1. The summed E-state index contributed by atoms with van der Waals surface area (Å²) in [6.45, 7) is 7.31. The number of furan rings is 1. The summed E-state index contributed by atoms with van der Waals surface area (Å²) in [5.41, 5.74) is 1.81. The molecule has 5 heteroatoms. The molecule has 0 bridgehead atoms. The van der Waals surface area contributed by atoms with Gasteiger partial charge in [0.05, 0.1) is 11.2 Å². The topological polar surface area (TPSA) is 55.5 Å². The van der Waals surface area contributed by atoms with Crippen LogP contribution >= 0.6 is 0 Å². The van der Waals surface area contributed by atoms with Gasteiger partial charge < -0.3 is 14.2 Å². The van der Waals surface area contributed by atoms with Crippen molar-refractivity contribution in [3.63, 3.8) is 0 Å². The van der Waals surface area contributed by atoms with Gasteiger partial charge in [0.1, 0.15) is 11.1 Å². The Hall–Kier alpha value is -2.37. The van der Waals surface area contributed by atoms with Crippen LogP contribution in [0.3, 0.4) is 0 Å². The maximum absolute atomic E-state index is 10.3. The Morgan fingerprint density at radius 2 is 1.81 bits per heavy atom. The number of aromatic nitrogens is 1. The Morgan fingerprint density at radius 1 is 1.04 bits per heavy atom. The summed E-state index contributed by atoms with van der Waals surface area (Å²) in [5, 5.41) is 13.4. The largest absolute Gasteiger partial charge is 0.454 e. The lowest BCUT2D eigenvalue weighted by Gasteiger charge is -2.37. The van der Waals surface area contributed by atoms with Gasteiger partial charge in [-0.1, -0.05) is 36.4 Å². The van der Waals surface area contributed by atoms with Crippen LogP contribution in [0, 0.1) is 0 Å². The van der Waals surface area contributed by atoms with E-state index in [1.165, 1.54) is 0 Å². The second-order valence-electron chi connectivity index (χ2n) is 7.77. The van der Waals surface area contributed by atoms with Gasteiger partial charge >= 0.3 is 7.48 Å². The van der Waals surface area contributed by atoms with Crippen molar-refractivity contribution in [2.24, 2.45) is 0 Å². The van der Waals surface area contributed by atoms with Crippen LogP contribution in [0.25, 0.3) is 32.8 Å². The number of aliphatic hydroxyl groups is 1. The van der Waals surface area contributed by atoms with Gasteiger partial charge in [0, 0.05) is 22.4 Å². The molecule has 0 radical (unpaired) electrons. The molecule has 0 aliphatic carbocycles. The molecule has 0 unspecified atom stereocenters. The fraction of sp³-hybridized carbons (Fsp3) is 0.286. The lowest BCUT2D eigenvalue weighted by molar-refractivity contribution is -0.0893. The molecule has 2 aromatic carbocycles. The third-order valence-electron chi connectivity index (χ3n) is 5.38. The second-order valence-corrected chi connectivity index (χ2v) is 7.77. The number of hydrogen-bond acceptors (Lipinski definition) is 4. The van der Waals surface area contributed by atoms with Crippen molar-refractivity contribution in [2.45, 2.75) is 38.9 Å². The summed E-state index contributed by atoms with van der Waals surface area (Å²) in [5.74, 6) is 0. The van der Waals surface area contributed by atoms with Crippen LogP contribution in [0.15, 0.2) is 53.1 Å². The van der Waals surface area contributed by atoms with Crippen LogP contribution in [0.5, 0.6) is 0 Å². The zero-order chi connectivity index (χ0) is 18.5. The molecule has 132 valence electrons. The zero-order valence-corrected chi connectivity index (χ0v) is 15.5. The van der Waals surface area contributed by atoms with Crippen LogP contribution in [-0.2, 0) is 4.65 Å². The van der Waals surface area contributed by atoms with Crippen molar-refractivity contribution in [1.29, 1.82) is 0 Å². The normalized spacial score (nSPS) is 13.0. The molecular weight excluding hydrogens is 325 g/mol. The molecule has 4 nitrogen and oxygen atoms in total. The van der Waals surface area contributed by atoms with Crippen molar-refractivity contribution < 1.29 is 14.2 Å². The monoisotopic (exact) mass is 347 g/mol. The summed E-state index contributed by atoms with van der Waals surface area (Å²) in [4.78, 5) is 4.65. The SMILES string of the molecule is CC(C)(O)C(C)(C)OBc1cccc2oc3c4ccccc4cnc3c12. The highest BCUT2D eigenvalue weighted by atomic mass is 16.5. The highest BCUT2D eigenvalue weighted by molar-refractivity contribution is 6.52. The maximum Gasteiger partial charge on any atom is 0.310 e. The van der Waals surface area contributed by atoms with E-state index >= 15 is 0 Å². The van der Waals surface area contributed by atoms with Gasteiger partial charge in [0.2, 0.25) is 0 Å². The smallest absolute Gasteiger partial charge is 0.310 e. The molecule has 0 fully saturated rings. The summed E-state index contributed by atoms with van der Waals surface area (Å²) in [6.07, 6.45) is 1.88. The van der Waals surface area contributed by atoms with Gasteiger partial charge in [0.15, 0.2) is 5.58 Å². The fourth-order valence-corrected chi connectivity index (χ4v) is 3.01. The summed E-state index contributed by atoms with van der Waals surface area (Å²) in [6, 6.07) is 14.0. The van der Waals surface area contributed by atoms with E-state index in [-0.39, 0.29) is 0 Å². The van der Waals surface area contributed by atoms with Crippen molar-refractivity contribution in [3.8, 4) is 0 Å². The van der Waals surface area contributed by atoms with E-state index in [9.17, 15) is 5.11 Å². The lowest BCUT2D eigenvalue weighted by Crippen LogP contribution is -2.49. The molecular formula is C21H22BNO3. The van der Waals surface area contributed by atoms with Crippen LogP contribution in [0.4, 0.5) is 0 Å². The van der Waals surface area contributed by atoms with Gasteiger partial charge in [0.25, 0.3) is 0 Å². The van der Waals surface area contributed by atoms with Crippen LogP contribution < -0.4 is 5.46 Å². The van der Waals surface area contributed by atoms with E-state index in [1.807, 2.05) is 56.4 Å². The van der Waals surface area contributed by atoms with E-state index in [4.69, 9.17) is 9.07 Å². The van der Waals surface area contributed by atoms with Crippen LogP contribution in [0.2, 0.25) is 0 Å². The lowest BCUT2D eigenvalue weighted by atomic mass is 9.81. The molecule has 1 N–H and O–H groups in total. The third-order valence-corrected chi connectivity index (χ3v) is 5.38. The number of nitrogens with zero attached hydrogens (tertiary/aromatic N) is 1. The Balaban J connectivity index is 1.85. The standard InChI is InChI=1S/C21H22BNO3/c1-20(2,24)21(3,4)26-22-15-10-7-11-16-17(15)18-19(25-16)14-9-6-5-8-13(14)12-23-18/h5-12,22,24H,1-4H3. The minimum absolute atomic E-state index is 0.372. The molecule has 0 saturated heterocycles. The predicted octanol–water partition coefficient (Wildman–Crippen LogP) is 3.68. The van der Waals surface area contributed by atoms with Crippen molar-refractivity contribution in [2.75, 3.05) is 0 Å². The highest BCUT2D eigenvalue weighted by Gasteiger charge is 2.35. The molecule has 2 heterocycles. The average molecular weight is 347 g/mol. The van der Waals surface area contributed by atoms with Crippen LogP contribution in [-0.4, -0.2) is 28.8 Å². The minimum atomic E-state index is -0.951. The van der Waals surface area contributed by atoms with Crippen molar-refractivity contribution >= 4 is 45.8 Å². The number of fused-ring (bicyclic) bond motifs is 5. The molecule has 26 heavy (non-hydrogen) atoms.